The zero-order chi connectivity index (χ0) is 22.9. The number of fused-ring (bicyclic) bond motifs is 1. The summed E-state index contributed by atoms with van der Waals surface area (Å²) in [6.45, 7) is 12.1. The van der Waals surface area contributed by atoms with Gasteiger partial charge in [0.2, 0.25) is 0 Å². The van der Waals surface area contributed by atoms with E-state index in [9.17, 15) is 9.59 Å². The summed E-state index contributed by atoms with van der Waals surface area (Å²) in [5.41, 5.74) is 1.63. The van der Waals surface area contributed by atoms with E-state index in [0.717, 1.165) is 5.56 Å². The third-order valence-corrected chi connectivity index (χ3v) is 6.32. The quantitative estimate of drug-likeness (QED) is 0.454. The maximum Gasteiger partial charge on any atom is 0.337 e. The number of ether oxygens (including phenoxy) is 3. The second-order valence-corrected chi connectivity index (χ2v) is 17.9. The number of carbonyl (C=O) groups is 2. The molecule has 0 aliphatic heterocycles. The van der Waals surface area contributed by atoms with Crippen molar-refractivity contribution in [1.82, 2.24) is 0 Å². The van der Waals surface area contributed by atoms with Crippen LogP contribution < -0.4 is 4.74 Å². The van der Waals surface area contributed by atoms with E-state index in [1.807, 2.05) is 57.5 Å². The molecule has 2 atom stereocenters. The van der Waals surface area contributed by atoms with Crippen LogP contribution in [0.5, 0.6) is 5.75 Å². The molecule has 1 aliphatic rings. The smallest absolute Gasteiger partial charge is 0.337 e. The van der Waals surface area contributed by atoms with Gasteiger partial charge in [-0.3, -0.25) is 0 Å². The number of carbonyl (C=O) groups excluding carboxylic acids is 2. The van der Waals surface area contributed by atoms with Gasteiger partial charge in [0.05, 0.1) is 32.5 Å². The molecule has 0 fully saturated rings. The van der Waals surface area contributed by atoms with E-state index >= 15 is 0 Å². The molecule has 9 heteroatoms. The van der Waals surface area contributed by atoms with E-state index in [-0.39, 0.29) is 11.1 Å². The van der Waals surface area contributed by atoms with Crippen LogP contribution in [-0.4, -0.2) is 49.9 Å². The second kappa shape index (κ2) is 9.05. The lowest BCUT2D eigenvalue weighted by Gasteiger charge is -2.39. The zero-order valence-electron chi connectivity index (χ0n) is 19.2. The summed E-state index contributed by atoms with van der Waals surface area (Å²) < 4.78 is 28.6. The van der Waals surface area contributed by atoms with Crippen LogP contribution in [0.4, 0.5) is 0 Å². The summed E-state index contributed by atoms with van der Waals surface area (Å²) in [6, 6.07) is 5.52. The Balaban J connectivity index is 2.94. The lowest BCUT2D eigenvalue weighted by Crippen LogP contribution is -2.39. The maximum atomic E-state index is 13.0. The van der Waals surface area contributed by atoms with E-state index in [4.69, 9.17) is 23.1 Å². The van der Waals surface area contributed by atoms with Gasteiger partial charge < -0.3 is 23.1 Å². The van der Waals surface area contributed by atoms with E-state index in [0.29, 0.717) is 11.3 Å². The van der Waals surface area contributed by atoms with Crippen LogP contribution in [0.25, 0.3) is 0 Å². The number of methoxy groups -OCH3 is 3. The molecule has 7 nitrogen and oxygen atoms in total. The van der Waals surface area contributed by atoms with Gasteiger partial charge in [-0.2, -0.15) is 0 Å². The Bertz CT molecular complexity index is 850. The van der Waals surface area contributed by atoms with Crippen LogP contribution >= 0.6 is 0 Å². The molecule has 166 valence electrons. The Labute approximate surface area is 180 Å². The van der Waals surface area contributed by atoms with Gasteiger partial charge in [-0.05, 0) is 50.9 Å². The molecule has 0 aromatic heterocycles. The fourth-order valence-electron chi connectivity index (χ4n) is 3.43. The van der Waals surface area contributed by atoms with Gasteiger partial charge in [-0.15, -0.1) is 0 Å². The molecule has 0 saturated heterocycles. The highest BCUT2D eigenvalue weighted by Gasteiger charge is 2.46. The lowest BCUT2D eigenvalue weighted by atomic mass is 9.81. The molecule has 0 spiro atoms. The molecule has 2 rings (SSSR count). The summed E-state index contributed by atoms with van der Waals surface area (Å²) in [4.78, 5) is 25.9. The average molecular weight is 453 g/mol. The third-order valence-electron chi connectivity index (χ3n) is 4.43. The number of hydrogen-bond donors (Lipinski definition) is 0. The van der Waals surface area contributed by atoms with Gasteiger partial charge in [0, 0.05) is 5.56 Å². The monoisotopic (exact) mass is 452 g/mol. The minimum absolute atomic E-state index is 0.104. The van der Waals surface area contributed by atoms with Crippen LogP contribution in [0.15, 0.2) is 29.3 Å². The molecule has 1 aliphatic carbocycles. The standard InChI is InChI=1S/C21H32O7Si2/c1-24-14-12-10-11-13-15(14)19(28-30(7,8)9)17(21(23)26-3)16(20(22)25-2)18(13)27-29(4,5)6/h10-12,18-19H,1-9H3/t18-,19+/m1/s1. The molecular formula is C21H32O7Si2. The Morgan fingerprint density at radius 2 is 1.23 bits per heavy atom. The van der Waals surface area contributed by atoms with Crippen LogP contribution in [0.1, 0.15) is 23.3 Å². The molecule has 0 radical (unpaired) electrons. The lowest BCUT2D eigenvalue weighted by molar-refractivity contribution is -0.141. The van der Waals surface area contributed by atoms with Crippen molar-refractivity contribution in [3.8, 4) is 5.75 Å². The largest absolute Gasteiger partial charge is 0.496 e. The van der Waals surface area contributed by atoms with Crippen molar-refractivity contribution >= 4 is 28.6 Å². The molecule has 1 aromatic rings. The number of benzene rings is 1. The van der Waals surface area contributed by atoms with Gasteiger partial charge >= 0.3 is 11.9 Å². The maximum absolute atomic E-state index is 13.0. The highest BCUT2D eigenvalue weighted by molar-refractivity contribution is 6.70. The molecule has 0 heterocycles. The van der Waals surface area contributed by atoms with E-state index in [2.05, 4.69) is 0 Å². The molecule has 0 unspecified atom stereocenters. The first kappa shape index (κ1) is 24.3. The van der Waals surface area contributed by atoms with Gasteiger partial charge in [0.15, 0.2) is 16.6 Å². The van der Waals surface area contributed by atoms with Gasteiger partial charge in [-0.25, -0.2) is 9.59 Å². The summed E-state index contributed by atoms with van der Waals surface area (Å²) in [7, 11) is -0.201. The van der Waals surface area contributed by atoms with E-state index in [1.165, 1.54) is 14.2 Å². The highest BCUT2D eigenvalue weighted by Crippen LogP contribution is 2.49. The van der Waals surface area contributed by atoms with Crippen molar-refractivity contribution < 1.29 is 32.7 Å². The minimum atomic E-state index is -2.17. The summed E-state index contributed by atoms with van der Waals surface area (Å²) in [5.74, 6) is -0.735. The fourth-order valence-corrected chi connectivity index (χ4v) is 5.33. The molecule has 30 heavy (non-hydrogen) atoms. The molecule has 0 saturated carbocycles. The SMILES string of the molecule is COC(=O)C1=C(C(=O)OC)[C@H](O[Si](C)(C)C)c2cccc(OC)c2[C@@H]1O[Si](C)(C)C. The molecule has 1 aromatic carbocycles. The number of hydrogen-bond acceptors (Lipinski definition) is 7. The molecule has 0 amide bonds. The summed E-state index contributed by atoms with van der Waals surface area (Å²) >= 11 is 0. The summed E-state index contributed by atoms with van der Waals surface area (Å²) in [6.07, 6.45) is -1.62. The third kappa shape index (κ3) is 5.20. The predicted octanol–water partition coefficient (Wildman–Crippen LogP) is 4.14. The Hall–Kier alpha value is -1.95. The van der Waals surface area contributed by atoms with Gasteiger partial charge in [-0.1, -0.05) is 12.1 Å². The summed E-state index contributed by atoms with van der Waals surface area (Å²) in [5, 5.41) is 0. The molecular weight excluding hydrogens is 420 g/mol. The van der Waals surface area contributed by atoms with E-state index < -0.39 is 40.8 Å². The number of rotatable bonds is 7. The Morgan fingerprint density at radius 3 is 1.67 bits per heavy atom. The van der Waals surface area contributed by atoms with Crippen molar-refractivity contribution in [3.05, 3.63) is 40.5 Å². The van der Waals surface area contributed by atoms with Crippen molar-refractivity contribution in [2.75, 3.05) is 21.3 Å². The van der Waals surface area contributed by atoms with Gasteiger partial charge in [0.1, 0.15) is 18.0 Å². The first-order valence-corrected chi connectivity index (χ1v) is 16.6. The van der Waals surface area contributed by atoms with Crippen LogP contribution in [0, 0.1) is 0 Å². The fraction of sp³-hybridized carbons (Fsp3) is 0.524. The van der Waals surface area contributed by atoms with Crippen LogP contribution in [0.3, 0.4) is 0 Å². The van der Waals surface area contributed by atoms with E-state index in [1.54, 1.807) is 7.11 Å². The topological polar surface area (TPSA) is 80.3 Å². The second-order valence-electron chi connectivity index (χ2n) is 8.99. The van der Waals surface area contributed by atoms with Crippen molar-refractivity contribution in [1.29, 1.82) is 0 Å². The molecule has 0 bridgehead atoms. The van der Waals surface area contributed by atoms with Crippen molar-refractivity contribution in [3.63, 3.8) is 0 Å². The molecule has 0 N–H and O–H groups in total. The van der Waals surface area contributed by atoms with Crippen molar-refractivity contribution in [2.24, 2.45) is 0 Å². The van der Waals surface area contributed by atoms with Crippen LogP contribution in [0.2, 0.25) is 39.3 Å². The highest BCUT2D eigenvalue weighted by atomic mass is 28.4. The Morgan fingerprint density at radius 1 is 0.767 bits per heavy atom. The average Bonchev–Trinajstić information content (AvgIpc) is 2.65. The van der Waals surface area contributed by atoms with Gasteiger partial charge in [0.25, 0.3) is 0 Å². The normalized spacial score (nSPS) is 19.2. The van der Waals surface area contributed by atoms with Crippen molar-refractivity contribution in [2.45, 2.75) is 51.5 Å². The minimum Gasteiger partial charge on any atom is -0.496 e. The Kier molecular flexibility index (Phi) is 7.34. The van der Waals surface area contributed by atoms with Crippen LogP contribution in [-0.2, 0) is 27.9 Å². The zero-order valence-corrected chi connectivity index (χ0v) is 21.2. The first-order chi connectivity index (χ1) is 13.8. The predicted molar refractivity (Wildman–Crippen MR) is 118 cm³/mol. The first-order valence-electron chi connectivity index (χ1n) is 9.77. The number of esters is 2.